The van der Waals surface area contributed by atoms with Crippen molar-refractivity contribution in [3.05, 3.63) is 0 Å². The molecule has 1 saturated heterocycles. The van der Waals surface area contributed by atoms with Crippen molar-refractivity contribution in [2.24, 2.45) is 11.8 Å². The van der Waals surface area contributed by atoms with Crippen LogP contribution < -0.4 is 5.32 Å². The molecule has 1 aliphatic heterocycles. The Labute approximate surface area is 111 Å². The number of nitrogens with one attached hydrogen (secondary N) is 1. The molecule has 3 rings (SSSR count). The van der Waals surface area contributed by atoms with E-state index in [1.54, 1.807) is 0 Å². The van der Waals surface area contributed by atoms with Crippen molar-refractivity contribution in [1.82, 2.24) is 10.2 Å². The molecule has 0 radical (unpaired) electrons. The zero-order valence-electron chi connectivity index (χ0n) is 11.6. The van der Waals surface area contributed by atoms with E-state index in [1.165, 1.54) is 58.2 Å². The average molecular weight is 252 g/mol. The zero-order chi connectivity index (χ0) is 12.2. The summed E-state index contributed by atoms with van der Waals surface area (Å²) < 4.78 is 5.63. The van der Waals surface area contributed by atoms with Crippen LogP contribution in [0.25, 0.3) is 0 Å². The molecule has 18 heavy (non-hydrogen) atoms. The predicted molar refractivity (Wildman–Crippen MR) is 73.7 cm³/mol. The van der Waals surface area contributed by atoms with Gasteiger partial charge < -0.3 is 15.0 Å². The van der Waals surface area contributed by atoms with E-state index in [-0.39, 0.29) is 0 Å². The Kier molecular flexibility index (Phi) is 4.55. The van der Waals surface area contributed by atoms with Gasteiger partial charge in [-0.2, -0.15) is 0 Å². The summed E-state index contributed by atoms with van der Waals surface area (Å²) >= 11 is 0. The van der Waals surface area contributed by atoms with Crippen LogP contribution in [0.1, 0.15) is 38.5 Å². The fourth-order valence-electron chi connectivity index (χ4n) is 2.89. The van der Waals surface area contributed by atoms with Crippen LogP contribution in [0.2, 0.25) is 0 Å². The van der Waals surface area contributed by atoms with Crippen molar-refractivity contribution >= 4 is 0 Å². The van der Waals surface area contributed by atoms with Gasteiger partial charge in [0.15, 0.2) is 0 Å². The number of rotatable bonds is 9. The highest BCUT2D eigenvalue weighted by molar-refractivity contribution is 4.82. The summed E-state index contributed by atoms with van der Waals surface area (Å²) in [5.74, 6) is 2.06. The van der Waals surface area contributed by atoms with E-state index in [0.717, 1.165) is 31.5 Å². The van der Waals surface area contributed by atoms with Gasteiger partial charge in [0.1, 0.15) is 0 Å². The highest BCUT2D eigenvalue weighted by Gasteiger charge is 2.28. The van der Waals surface area contributed by atoms with Gasteiger partial charge in [-0.1, -0.05) is 0 Å². The Morgan fingerprint density at radius 1 is 1.00 bits per heavy atom. The third-order valence-corrected chi connectivity index (χ3v) is 4.43. The minimum absolute atomic E-state index is 0.491. The molecule has 3 heteroatoms. The molecule has 3 aliphatic rings. The Morgan fingerprint density at radius 3 is 2.28 bits per heavy atom. The third kappa shape index (κ3) is 4.52. The van der Waals surface area contributed by atoms with Crippen LogP contribution in [0.5, 0.6) is 0 Å². The van der Waals surface area contributed by atoms with E-state index in [1.807, 2.05) is 0 Å². The standard InChI is InChI=1S/C15H28N2O/c1-2-15(18-9-1)10-16-7-8-17(11-13-3-4-13)12-14-5-6-14/h13-16H,1-12H2. The van der Waals surface area contributed by atoms with E-state index >= 15 is 0 Å². The molecule has 0 amide bonds. The Bertz CT molecular complexity index is 231. The summed E-state index contributed by atoms with van der Waals surface area (Å²) in [4.78, 5) is 2.71. The lowest BCUT2D eigenvalue weighted by atomic mass is 10.2. The van der Waals surface area contributed by atoms with Crippen molar-refractivity contribution < 1.29 is 4.74 Å². The van der Waals surface area contributed by atoms with Gasteiger partial charge >= 0.3 is 0 Å². The SMILES string of the molecule is C1COC(CNCCN(CC2CC2)CC2CC2)C1. The summed E-state index contributed by atoms with van der Waals surface area (Å²) in [5.41, 5.74) is 0. The monoisotopic (exact) mass is 252 g/mol. The maximum atomic E-state index is 5.63. The molecule has 1 atom stereocenters. The van der Waals surface area contributed by atoms with Gasteiger partial charge in [-0.25, -0.2) is 0 Å². The molecule has 2 saturated carbocycles. The first kappa shape index (κ1) is 12.9. The van der Waals surface area contributed by atoms with Gasteiger partial charge in [-0.05, 0) is 50.4 Å². The van der Waals surface area contributed by atoms with E-state index < -0.39 is 0 Å². The summed E-state index contributed by atoms with van der Waals surface area (Å²) in [6, 6.07) is 0. The van der Waals surface area contributed by atoms with Gasteiger partial charge in [0.25, 0.3) is 0 Å². The zero-order valence-corrected chi connectivity index (χ0v) is 11.6. The molecule has 3 fully saturated rings. The smallest absolute Gasteiger partial charge is 0.0700 e. The van der Waals surface area contributed by atoms with Crippen molar-refractivity contribution in [2.45, 2.75) is 44.6 Å². The van der Waals surface area contributed by atoms with Crippen molar-refractivity contribution in [3.63, 3.8) is 0 Å². The summed E-state index contributed by atoms with van der Waals surface area (Å²) in [7, 11) is 0. The topological polar surface area (TPSA) is 24.5 Å². The van der Waals surface area contributed by atoms with Gasteiger partial charge in [0.2, 0.25) is 0 Å². The second kappa shape index (κ2) is 6.36. The van der Waals surface area contributed by atoms with Crippen LogP contribution >= 0.6 is 0 Å². The lowest BCUT2D eigenvalue weighted by Gasteiger charge is -2.22. The molecule has 0 aromatic heterocycles. The number of nitrogens with zero attached hydrogens (tertiary/aromatic N) is 1. The Balaban J connectivity index is 1.28. The van der Waals surface area contributed by atoms with E-state index in [2.05, 4.69) is 10.2 Å². The maximum Gasteiger partial charge on any atom is 0.0700 e. The van der Waals surface area contributed by atoms with Gasteiger partial charge in [0.05, 0.1) is 6.10 Å². The first-order chi connectivity index (χ1) is 8.90. The first-order valence-corrected chi connectivity index (χ1v) is 7.95. The van der Waals surface area contributed by atoms with Crippen molar-refractivity contribution in [2.75, 3.05) is 39.3 Å². The second-order valence-electron chi connectivity index (χ2n) is 6.49. The van der Waals surface area contributed by atoms with Gasteiger partial charge in [-0.15, -0.1) is 0 Å². The highest BCUT2D eigenvalue weighted by atomic mass is 16.5. The second-order valence-corrected chi connectivity index (χ2v) is 6.49. The maximum absolute atomic E-state index is 5.63. The van der Waals surface area contributed by atoms with Crippen LogP contribution in [0.4, 0.5) is 0 Å². The molecular formula is C15H28N2O. The minimum Gasteiger partial charge on any atom is -0.377 e. The van der Waals surface area contributed by atoms with Crippen LogP contribution in [0, 0.1) is 11.8 Å². The van der Waals surface area contributed by atoms with E-state index in [0.29, 0.717) is 6.10 Å². The van der Waals surface area contributed by atoms with Crippen molar-refractivity contribution in [1.29, 1.82) is 0 Å². The minimum atomic E-state index is 0.491. The molecule has 0 aromatic carbocycles. The highest BCUT2D eigenvalue weighted by Crippen LogP contribution is 2.33. The quantitative estimate of drug-likeness (QED) is 0.634. The number of hydrogen-bond acceptors (Lipinski definition) is 3. The molecule has 0 aromatic rings. The summed E-state index contributed by atoms with van der Waals surface area (Å²) in [6.45, 7) is 7.12. The average Bonchev–Trinajstić information content (AvgIpc) is 3.29. The molecule has 2 aliphatic carbocycles. The van der Waals surface area contributed by atoms with E-state index in [9.17, 15) is 0 Å². The predicted octanol–water partition coefficient (Wildman–Crippen LogP) is 1.88. The van der Waals surface area contributed by atoms with Crippen LogP contribution in [0.15, 0.2) is 0 Å². The van der Waals surface area contributed by atoms with Crippen LogP contribution in [0.3, 0.4) is 0 Å². The number of ether oxygens (including phenoxy) is 1. The molecule has 104 valence electrons. The lowest BCUT2D eigenvalue weighted by molar-refractivity contribution is 0.109. The molecule has 1 heterocycles. The van der Waals surface area contributed by atoms with Gasteiger partial charge in [-0.3, -0.25) is 0 Å². The van der Waals surface area contributed by atoms with Crippen LogP contribution in [-0.2, 0) is 4.74 Å². The molecular weight excluding hydrogens is 224 g/mol. The normalized spacial score (nSPS) is 28.2. The largest absolute Gasteiger partial charge is 0.377 e. The number of hydrogen-bond donors (Lipinski definition) is 1. The summed E-state index contributed by atoms with van der Waals surface area (Å²) in [6.07, 6.45) is 8.90. The fraction of sp³-hybridized carbons (Fsp3) is 1.00. The lowest BCUT2D eigenvalue weighted by Crippen LogP contribution is -2.37. The van der Waals surface area contributed by atoms with Crippen LogP contribution in [-0.4, -0.2) is 50.3 Å². The molecule has 0 bridgehead atoms. The third-order valence-electron chi connectivity index (χ3n) is 4.43. The molecule has 0 spiro atoms. The molecule has 1 unspecified atom stereocenters. The first-order valence-electron chi connectivity index (χ1n) is 7.95. The Hall–Kier alpha value is -0.120. The molecule has 3 nitrogen and oxygen atoms in total. The van der Waals surface area contributed by atoms with Gasteiger partial charge in [0, 0.05) is 39.3 Å². The molecule has 1 N–H and O–H groups in total. The van der Waals surface area contributed by atoms with E-state index in [4.69, 9.17) is 4.74 Å². The van der Waals surface area contributed by atoms with Crippen molar-refractivity contribution in [3.8, 4) is 0 Å². The fourth-order valence-corrected chi connectivity index (χ4v) is 2.89. The summed E-state index contributed by atoms with van der Waals surface area (Å²) in [5, 5.41) is 3.58. The Morgan fingerprint density at radius 2 is 1.72 bits per heavy atom.